The third-order valence-electron chi connectivity index (χ3n) is 4.08. The molecular weight excluding hydrogens is 304 g/mol. The summed E-state index contributed by atoms with van der Waals surface area (Å²) in [5, 5.41) is 39.7. The summed E-state index contributed by atoms with van der Waals surface area (Å²) in [4.78, 5) is 8.10. The molecule has 0 saturated carbocycles. The molecule has 0 spiro atoms. The molecule has 0 bridgehead atoms. The Kier molecular flexibility index (Phi) is 3.69. The van der Waals surface area contributed by atoms with Crippen molar-refractivity contribution in [1.82, 2.24) is 14.5 Å². The summed E-state index contributed by atoms with van der Waals surface area (Å²) in [5.74, 6) is 0.224. The van der Waals surface area contributed by atoms with E-state index in [0.29, 0.717) is 11.0 Å². The molecule has 0 radical (unpaired) electrons. The zero-order chi connectivity index (χ0) is 16.8. The molecule has 1 aliphatic heterocycles. The average molecular weight is 320 g/mol. The van der Waals surface area contributed by atoms with E-state index >= 15 is 0 Å². The normalized spacial score (nSPS) is 30.5. The van der Waals surface area contributed by atoms with Crippen LogP contribution in [0.1, 0.15) is 18.7 Å². The van der Waals surface area contributed by atoms with E-state index in [1.807, 2.05) is 6.07 Å². The molecule has 122 valence electrons. The number of methoxy groups -OCH3 is 1. The van der Waals surface area contributed by atoms with Crippen LogP contribution in [-0.4, -0.2) is 61.4 Å². The summed E-state index contributed by atoms with van der Waals surface area (Å²) < 4.78 is 12.2. The first-order valence-corrected chi connectivity index (χ1v) is 6.92. The summed E-state index contributed by atoms with van der Waals surface area (Å²) in [5.41, 5.74) is -1.10. The van der Waals surface area contributed by atoms with Crippen molar-refractivity contribution in [2.24, 2.45) is 0 Å². The number of aliphatic hydroxyl groups excluding tert-OH is 2. The van der Waals surface area contributed by atoms with Crippen molar-refractivity contribution in [1.29, 1.82) is 5.26 Å². The molecule has 2 aromatic heterocycles. The van der Waals surface area contributed by atoms with E-state index in [4.69, 9.17) is 9.47 Å². The summed E-state index contributed by atoms with van der Waals surface area (Å²) in [6.07, 6.45) is -0.541. The van der Waals surface area contributed by atoms with Crippen LogP contribution in [-0.2, 0) is 4.74 Å². The molecule has 0 aromatic carbocycles. The van der Waals surface area contributed by atoms with Gasteiger partial charge in [-0.05, 0) is 6.92 Å². The maximum absolute atomic E-state index is 10.6. The molecule has 3 rings (SSSR count). The van der Waals surface area contributed by atoms with Gasteiger partial charge in [-0.3, -0.25) is 0 Å². The third kappa shape index (κ3) is 2.15. The Balaban J connectivity index is 2.20. The molecule has 1 aliphatic rings. The largest absolute Gasteiger partial charge is 0.480 e. The van der Waals surface area contributed by atoms with Crippen LogP contribution in [0.5, 0.6) is 5.88 Å². The second-order valence-corrected chi connectivity index (χ2v) is 5.52. The van der Waals surface area contributed by atoms with Crippen molar-refractivity contribution in [2.75, 3.05) is 13.7 Å². The van der Waals surface area contributed by atoms with E-state index in [1.54, 1.807) is 0 Å². The predicted molar refractivity (Wildman–Crippen MR) is 76.4 cm³/mol. The lowest BCUT2D eigenvalue weighted by atomic mass is 9.96. The van der Waals surface area contributed by atoms with Crippen molar-refractivity contribution in [2.45, 2.75) is 31.0 Å². The second-order valence-electron chi connectivity index (χ2n) is 5.52. The van der Waals surface area contributed by atoms with Crippen LogP contribution in [0.4, 0.5) is 0 Å². The predicted octanol–water partition coefficient (Wildman–Crippen LogP) is -0.687. The number of aliphatic hydroxyl groups is 3. The first-order chi connectivity index (χ1) is 11.0. The van der Waals surface area contributed by atoms with Gasteiger partial charge in [-0.25, -0.2) is 9.97 Å². The minimum atomic E-state index is -1.68. The second kappa shape index (κ2) is 5.43. The molecule has 9 nitrogen and oxygen atoms in total. The highest BCUT2D eigenvalue weighted by molar-refractivity contribution is 5.88. The van der Waals surface area contributed by atoms with Gasteiger partial charge in [0, 0.05) is 6.20 Å². The molecule has 4 atom stereocenters. The van der Waals surface area contributed by atoms with Gasteiger partial charge in [-0.15, -0.1) is 0 Å². The average Bonchev–Trinajstić information content (AvgIpc) is 3.03. The smallest absolute Gasteiger partial charge is 0.227 e. The van der Waals surface area contributed by atoms with Gasteiger partial charge in [0.05, 0.1) is 24.7 Å². The number of nitriles is 1. The molecule has 1 saturated heterocycles. The minimum absolute atomic E-state index is 0.224. The topological polar surface area (TPSA) is 134 Å². The molecule has 9 heteroatoms. The zero-order valence-corrected chi connectivity index (χ0v) is 12.5. The summed E-state index contributed by atoms with van der Waals surface area (Å²) >= 11 is 0. The van der Waals surface area contributed by atoms with Gasteiger partial charge in [0.15, 0.2) is 11.9 Å². The molecule has 1 fully saturated rings. The van der Waals surface area contributed by atoms with Crippen LogP contribution >= 0.6 is 0 Å². The summed E-state index contributed by atoms with van der Waals surface area (Å²) in [6.45, 7) is 0.949. The Labute approximate surface area is 131 Å². The van der Waals surface area contributed by atoms with Crippen molar-refractivity contribution in [3.05, 3.63) is 18.1 Å². The van der Waals surface area contributed by atoms with Crippen molar-refractivity contribution in [3.63, 3.8) is 0 Å². The Bertz CT molecular complexity index is 781. The maximum atomic E-state index is 10.6. The highest BCUT2D eigenvalue weighted by atomic mass is 16.6. The lowest BCUT2D eigenvalue weighted by Gasteiger charge is -2.27. The van der Waals surface area contributed by atoms with E-state index in [-0.39, 0.29) is 11.4 Å². The number of hydrogen-bond acceptors (Lipinski definition) is 8. The van der Waals surface area contributed by atoms with Crippen LogP contribution < -0.4 is 4.74 Å². The SMILES string of the molecule is COc1ncnc2c1c(C#N)cn2C1O[C@H](CO)[C@@H](O)[C@@]1(C)O. The third-order valence-corrected chi connectivity index (χ3v) is 4.08. The summed E-state index contributed by atoms with van der Waals surface area (Å²) in [6, 6.07) is 2.02. The molecule has 3 N–H and O–H groups in total. The number of hydrogen-bond donors (Lipinski definition) is 3. The highest BCUT2D eigenvalue weighted by Crippen LogP contribution is 2.41. The van der Waals surface area contributed by atoms with Crippen molar-refractivity contribution >= 4 is 11.0 Å². The van der Waals surface area contributed by atoms with Crippen LogP contribution in [0.2, 0.25) is 0 Å². The summed E-state index contributed by atoms with van der Waals surface area (Å²) in [7, 11) is 1.42. The molecule has 23 heavy (non-hydrogen) atoms. The van der Waals surface area contributed by atoms with Crippen LogP contribution in [0.25, 0.3) is 11.0 Å². The molecule has 3 heterocycles. The number of nitrogens with zero attached hydrogens (tertiary/aromatic N) is 4. The Hall–Kier alpha value is -2.25. The quantitative estimate of drug-likeness (QED) is 0.677. The van der Waals surface area contributed by atoms with Crippen LogP contribution in [0.15, 0.2) is 12.5 Å². The van der Waals surface area contributed by atoms with E-state index in [9.17, 15) is 20.6 Å². The number of ether oxygens (including phenoxy) is 2. The molecule has 0 amide bonds. The van der Waals surface area contributed by atoms with E-state index in [1.165, 1.54) is 31.1 Å². The Morgan fingerprint density at radius 2 is 2.26 bits per heavy atom. The lowest BCUT2D eigenvalue weighted by Crippen LogP contribution is -2.44. The first kappa shape index (κ1) is 15.6. The highest BCUT2D eigenvalue weighted by Gasteiger charge is 2.53. The minimum Gasteiger partial charge on any atom is -0.480 e. The Morgan fingerprint density at radius 3 is 2.83 bits per heavy atom. The van der Waals surface area contributed by atoms with E-state index in [2.05, 4.69) is 9.97 Å². The lowest BCUT2D eigenvalue weighted by molar-refractivity contribution is -0.0948. The van der Waals surface area contributed by atoms with Gasteiger partial charge in [-0.2, -0.15) is 5.26 Å². The Morgan fingerprint density at radius 1 is 1.52 bits per heavy atom. The van der Waals surface area contributed by atoms with Crippen LogP contribution in [0.3, 0.4) is 0 Å². The van der Waals surface area contributed by atoms with Gasteiger partial charge < -0.3 is 29.4 Å². The zero-order valence-electron chi connectivity index (χ0n) is 12.5. The maximum Gasteiger partial charge on any atom is 0.227 e. The monoisotopic (exact) mass is 320 g/mol. The number of fused-ring (bicyclic) bond motifs is 1. The van der Waals surface area contributed by atoms with Gasteiger partial charge in [0.2, 0.25) is 5.88 Å². The van der Waals surface area contributed by atoms with Gasteiger partial charge in [0.25, 0.3) is 0 Å². The van der Waals surface area contributed by atoms with Crippen molar-refractivity contribution in [3.8, 4) is 11.9 Å². The van der Waals surface area contributed by atoms with Gasteiger partial charge >= 0.3 is 0 Å². The molecule has 1 unspecified atom stereocenters. The number of rotatable bonds is 3. The first-order valence-electron chi connectivity index (χ1n) is 6.92. The molecule has 0 aliphatic carbocycles. The number of aromatic nitrogens is 3. The fourth-order valence-corrected chi connectivity index (χ4v) is 2.87. The fourth-order valence-electron chi connectivity index (χ4n) is 2.87. The molecular formula is C14H16N4O5. The molecule has 2 aromatic rings. The van der Waals surface area contributed by atoms with E-state index in [0.717, 1.165) is 0 Å². The van der Waals surface area contributed by atoms with E-state index < -0.39 is 30.6 Å². The van der Waals surface area contributed by atoms with Gasteiger partial charge in [-0.1, -0.05) is 0 Å². The van der Waals surface area contributed by atoms with Crippen LogP contribution in [0, 0.1) is 11.3 Å². The van der Waals surface area contributed by atoms with Crippen molar-refractivity contribution < 1.29 is 24.8 Å². The van der Waals surface area contributed by atoms with Gasteiger partial charge in [0.1, 0.15) is 30.2 Å². The fraction of sp³-hybridized carbons (Fsp3) is 0.500. The standard InChI is InChI=1S/C14H16N4O5/c1-14(21)10(20)8(5-19)23-13(14)18-4-7(3-15)9-11(18)16-6-17-12(9)22-2/h4,6,8,10,13,19-21H,5H2,1-2H3/t8-,10-,13?,14-/m1/s1.